The summed E-state index contributed by atoms with van der Waals surface area (Å²) in [5.74, 6) is -0.174. The fraction of sp³-hybridized carbons (Fsp3) is 0.911. The molecule has 0 radical (unpaired) electrons. The topological polar surface area (TPSA) is 105 Å². The van der Waals surface area contributed by atoms with E-state index in [1.54, 1.807) is 6.08 Å². The van der Waals surface area contributed by atoms with Crippen LogP contribution in [0.1, 0.15) is 277 Å². The molecule has 0 aliphatic rings. The third-order valence-corrected chi connectivity index (χ3v) is 13.9. The van der Waals surface area contributed by atoms with Crippen molar-refractivity contribution >= 4 is 13.7 Å². The maximum atomic E-state index is 12.9. The molecule has 0 saturated carbocycles. The van der Waals surface area contributed by atoms with Gasteiger partial charge in [0, 0.05) is 6.42 Å². The summed E-state index contributed by atoms with van der Waals surface area (Å²) in [6.07, 6.45) is 60.0. The Balaban J connectivity index is 4.05. The van der Waals surface area contributed by atoms with Crippen LogP contribution in [-0.4, -0.2) is 73.4 Å². The average molecular weight is 940 g/mol. The zero-order valence-corrected chi connectivity index (χ0v) is 44.9. The first-order chi connectivity index (χ1) is 31.5. The Labute approximate surface area is 404 Å². The molecule has 0 aromatic rings. The van der Waals surface area contributed by atoms with Crippen molar-refractivity contribution in [2.75, 3.05) is 40.9 Å². The van der Waals surface area contributed by atoms with E-state index in [2.05, 4.69) is 31.3 Å². The number of nitrogens with one attached hydrogen (secondary N) is 1. The van der Waals surface area contributed by atoms with Gasteiger partial charge in [-0.3, -0.25) is 13.8 Å². The number of nitrogens with zero attached hydrogens (tertiary/aromatic N) is 1. The molecule has 0 aromatic carbocycles. The highest BCUT2D eigenvalue weighted by molar-refractivity contribution is 7.47. The number of allylic oxidation sites excluding steroid dienone is 3. The molecular weight excluding hydrogens is 828 g/mol. The van der Waals surface area contributed by atoms with Crippen molar-refractivity contribution in [2.24, 2.45) is 0 Å². The third-order valence-electron chi connectivity index (χ3n) is 12.9. The second-order valence-corrected chi connectivity index (χ2v) is 22.1. The zero-order valence-electron chi connectivity index (χ0n) is 44.0. The van der Waals surface area contributed by atoms with Crippen LogP contribution in [0.2, 0.25) is 0 Å². The molecule has 9 heteroatoms. The van der Waals surface area contributed by atoms with E-state index in [0.717, 1.165) is 38.5 Å². The van der Waals surface area contributed by atoms with Crippen molar-refractivity contribution in [1.29, 1.82) is 0 Å². The van der Waals surface area contributed by atoms with Gasteiger partial charge < -0.3 is 19.8 Å². The first-order valence-electron chi connectivity index (χ1n) is 28.2. The monoisotopic (exact) mass is 940 g/mol. The van der Waals surface area contributed by atoms with Crippen LogP contribution in [-0.2, 0) is 18.4 Å². The number of carbonyl (C=O) groups excluding carboxylic acids is 1. The van der Waals surface area contributed by atoms with Crippen LogP contribution >= 0.6 is 7.82 Å². The van der Waals surface area contributed by atoms with Gasteiger partial charge in [0.1, 0.15) is 13.2 Å². The van der Waals surface area contributed by atoms with Gasteiger partial charge in [-0.15, -0.1) is 0 Å². The Hall–Kier alpha value is -1.02. The number of hydrogen-bond acceptors (Lipinski definition) is 5. The fourth-order valence-electron chi connectivity index (χ4n) is 8.45. The van der Waals surface area contributed by atoms with Gasteiger partial charge in [-0.2, -0.15) is 0 Å². The van der Waals surface area contributed by atoms with Crippen LogP contribution in [0.15, 0.2) is 24.3 Å². The van der Waals surface area contributed by atoms with Crippen LogP contribution in [0.5, 0.6) is 0 Å². The van der Waals surface area contributed by atoms with E-state index in [1.807, 2.05) is 27.2 Å². The average Bonchev–Trinajstić information content (AvgIpc) is 3.26. The van der Waals surface area contributed by atoms with E-state index in [-0.39, 0.29) is 19.1 Å². The maximum absolute atomic E-state index is 12.9. The van der Waals surface area contributed by atoms with Crippen molar-refractivity contribution in [1.82, 2.24) is 5.32 Å². The molecule has 1 amide bonds. The number of rotatable bonds is 52. The van der Waals surface area contributed by atoms with Gasteiger partial charge in [-0.05, 0) is 44.9 Å². The number of carbonyl (C=O) groups is 1. The lowest BCUT2D eigenvalue weighted by Gasteiger charge is -2.25. The van der Waals surface area contributed by atoms with Crippen LogP contribution in [0.4, 0.5) is 0 Å². The number of hydrogen-bond donors (Lipinski definition) is 3. The Morgan fingerprint density at radius 1 is 0.508 bits per heavy atom. The summed E-state index contributed by atoms with van der Waals surface area (Å²) >= 11 is 0. The molecule has 3 N–H and O–H groups in total. The van der Waals surface area contributed by atoms with Crippen LogP contribution in [0.25, 0.3) is 0 Å². The summed E-state index contributed by atoms with van der Waals surface area (Å²) in [6, 6.07) is -0.843. The standard InChI is InChI=1S/C56H111N2O6P/c1-6-8-10-12-14-16-18-20-21-22-23-24-25-26-27-28-29-30-31-32-33-34-35-36-38-40-42-44-46-48-50-56(60)57-54(53-64-65(61,62)63-52-51-58(3,4)5)55(59)49-47-45-43-41-39-37-19-17-15-13-11-9-7-2/h26-27,47,49,54-55,59H,6-25,28-46,48,50-53H2,1-5H3,(H-,57,60,61,62)/p+1/b27-26-,49-47+. The third kappa shape index (κ3) is 50.7. The highest BCUT2D eigenvalue weighted by atomic mass is 31.2. The number of amides is 1. The number of aliphatic hydroxyl groups excluding tert-OH is 1. The Morgan fingerprint density at radius 2 is 0.831 bits per heavy atom. The molecule has 386 valence electrons. The van der Waals surface area contributed by atoms with Crippen molar-refractivity contribution in [3.05, 3.63) is 24.3 Å². The molecule has 0 saturated heterocycles. The van der Waals surface area contributed by atoms with E-state index in [1.165, 1.54) is 218 Å². The van der Waals surface area contributed by atoms with Gasteiger partial charge in [0.05, 0.1) is 39.9 Å². The minimum atomic E-state index is -4.34. The van der Waals surface area contributed by atoms with Gasteiger partial charge in [-0.1, -0.05) is 250 Å². The summed E-state index contributed by atoms with van der Waals surface area (Å²) in [7, 11) is 1.58. The molecule has 0 fully saturated rings. The van der Waals surface area contributed by atoms with Crippen molar-refractivity contribution < 1.29 is 32.9 Å². The summed E-state index contributed by atoms with van der Waals surface area (Å²) in [5.41, 5.74) is 0. The minimum Gasteiger partial charge on any atom is -0.387 e. The molecule has 0 rings (SSSR count). The molecule has 0 aromatic heterocycles. The molecule has 0 bridgehead atoms. The summed E-state index contributed by atoms with van der Waals surface area (Å²) in [6.45, 7) is 4.84. The highest BCUT2D eigenvalue weighted by Crippen LogP contribution is 2.43. The Morgan fingerprint density at radius 3 is 1.18 bits per heavy atom. The van der Waals surface area contributed by atoms with Gasteiger partial charge in [0.25, 0.3) is 0 Å². The SMILES string of the molecule is CCCCCCCCCCCCC/C=C/C(O)C(COP(=O)(O)OCC[N+](C)(C)C)NC(=O)CCCCCCCCCCCCCCCC/C=C\CCCCCCCCCCCCCC. The Kier molecular flexibility index (Phi) is 47.3. The second-order valence-electron chi connectivity index (χ2n) is 20.7. The van der Waals surface area contributed by atoms with E-state index in [9.17, 15) is 19.4 Å². The van der Waals surface area contributed by atoms with Crippen molar-refractivity contribution in [3.63, 3.8) is 0 Å². The smallest absolute Gasteiger partial charge is 0.387 e. The molecule has 3 unspecified atom stereocenters. The van der Waals surface area contributed by atoms with Gasteiger partial charge in [-0.25, -0.2) is 4.57 Å². The lowest BCUT2D eigenvalue weighted by Crippen LogP contribution is -2.45. The molecule has 0 spiro atoms. The van der Waals surface area contributed by atoms with Crippen LogP contribution < -0.4 is 5.32 Å². The Bertz CT molecular complexity index is 1110. The molecule has 3 atom stereocenters. The van der Waals surface area contributed by atoms with Crippen LogP contribution in [0, 0.1) is 0 Å². The molecule has 0 aliphatic heterocycles. The fourth-order valence-corrected chi connectivity index (χ4v) is 9.19. The second kappa shape index (κ2) is 48.0. The first-order valence-corrected chi connectivity index (χ1v) is 29.7. The lowest BCUT2D eigenvalue weighted by molar-refractivity contribution is -0.870. The van der Waals surface area contributed by atoms with E-state index >= 15 is 0 Å². The molecular formula is C56H112N2O6P+. The normalized spacial score (nSPS) is 14.1. The number of phosphoric acid groups is 1. The molecule has 0 aliphatic carbocycles. The quantitative estimate of drug-likeness (QED) is 0.0243. The predicted octanol–water partition coefficient (Wildman–Crippen LogP) is 16.8. The van der Waals surface area contributed by atoms with E-state index in [0.29, 0.717) is 17.4 Å². The van der Waals surface area contributed by atoms with E-state index < -0.39 is 20.0 Å². The van der Waals surface area contributed by atoms with Crippen molar-refractivity contribution in [2.45, 2.75) is 289 Å². The summed E-state index contributed by atoms with van der Waals surface area (Å²) in [4.78, 5) is 23.2. The zero-order chi connectivity index (χ0) is 47.8. The molecule has 65 heavy (non-hydrogen) atoms. The van der Waals surface area contributed by atoms with Crippen molar-refractivity contribution in [3.8, 4) is 0 Å². The summed E-state index contributed by atoms with van der Waals surface area (Å²) < 4.78 is 23.6. The highest BCUT2D eigenvalue weighted by Gasteiger charge is 2.27. The van der Waals surface area contributed by atoms with Gasteiger partial charge in [0.15, 0.2) is 0 Å². The number of unbranched alkanes of at least 4 members (excludes halogenated alkanes) is 37. The molecule has 8 nitrogen and oxygen atoms in total. The number of aliphatic hydroxyl groups is 1. The number of likely N-dealkylation sites (N-methyl/N-ethyl adjacent to an activating group) is 1. The number of quaternary nitrogens is 1. The van der Waals surface area contributed by atoms with Gasteiger partial charge in [0.2, 0.25) is 5.91 Å². The van der Waals surface area contributed by atoms with Gasteiger partial charge >= 0.3 is 7.82 Å². The number of phosphoric ester groups is 1. The minimum absolute atomic E-state index is 0.0633. The maximum Gasteiger partial charge on any atom is 0.472 e. The largest absolute Gasteiger partial charge is 0.472 e. The predicted molar refractivity (Wildman–Crippen MR) is 281 cm³/mol. The van der Waals surface area contributed by atoms with Crippen LogP contribution in [0.3, 0.4) is 0 Å². The van der Waals surface area contributed by atoms with E-state index in [4.69, 9.17) is 9.05 Å². The summed E-state index contributed by atoms with van der Waals surface area (Å²) in [5, 5.41) is 13.9. The lowest BCUT2D eigenvalue weighted by atomic mass is 10.0. The molecule has 0 heterocycles. The first kappa shape index (κ1) is 64.0.